The quantitative estimate of drug-likeness (QED) is 0.475. The van der Waals surface area contributed by atoms with Gasteiger partial charge >= 0.3 is 0 Å². The van der Waals surface area contributed by atoms with Crippen LogP contribution < -0.4 is 5.32 Å². The Hall–Kier alpha value is -3.19. The fourth-order valence-corrected chi connectivity index (χ4v) is 4.04. The van der Waals surface area contributed by atoms with E-state index in [2.05, 4.69) is 25.1 Å². The second kappa shape index (κ2) is 7.57. The van der Waals surface area contributed by atoms with Crippen molar-refractivity contribution in [2.75, 3.05) is 5.32 Å². The van der Waals surface area contributed by atoms with E-state index in [1.54, 1.807) is 30.3 Å². The topological polar surface area (TPSA) is 75.6 Å². The highest BCUT2D eigenvalue weighted by Gasteiger charge is 2.18. The van der Waals surface area contributed by atoms with Crippen LogP contribution in [-0.4, -0.2) is 25.7 Å². The zero-order chi connectivity index (χ0) is 20.7. The summed E-state index contributed by atoms with van der Waals surface area (Å²) in [5, 5.41) is 12.7. The van der Waals surface area contributed by atoms with Crippen LogP contribution in [0, 0.1) is 5.82 Å². The summed E-state index contributed by atoms with van der Waals surface area (Å²) in [4.78, 5) is 15.7. The van der Waals surface area contributed by atoms with E-state index in [1.165, 1.54) is 6.07 Å². The number of aryl methyl sites for hydroxylation is 1. The molecule has 0 saturated heterocycles. The SMILES string of the molecule is O=C(Nc1cc(-c2nnc3n2CCCCC3)ccc1F)c1cc2ccc(Cl)cc2[nH]1. The molecule has 1 aliphatic rings. The Morgan fingerprint density at radius 1 is 1.10 bits per heavy atom. The summed E-state index contributed by atoms with van der Waals surface area (Å²) < 4.78 is 16.6. The lowest BCUT2D eigenvalue weighted by Crippen LogP contribution is -2.13. The smallest absolute Gasteiger partial charge is 0.272 e. The van der Waals surface area contributed by atoms with Gasteiger partial charge in [0.05, 0.1) is 5.69 Å². The van der Waals surface area contributed by atoms with Crippen LogP contribution >= 0.6 is 11.6 Å². The number of aromatic amines is 1. The molecule has 4 aromatic rings. The van der Waals surface area contributed by atoms with E-state index in [-0.39, 0.29) is 5.69 Å². The minimum atomic E-state index is -0.512. The molecule has 152 valence electrons. The Morgan fingerprint density at radius 2 is 2.00 bits per heavy atom. The summed E-state index contributed by atoms with van der Waals surface area (Å²) in [5.41, 5.74) is 1.89. The lowest BCUT2D eigenvalue weighted by molar-refractivity contribution is 0.102. The molecule has 3 heterocycles. The Bertz CT molecular complexity index is 1260. The molecular formula is C22H19ClFN5O. The molecule has 5 rings (SSSR count). The van der Waals surface area contributed by atoms with E-state index in [4.69, 9.17) is 11.6 Å². The molecule has 6 nitrogen and oxygen atoms in total. The van der Waals surface area contributed by atoms with E-state index in [1.807, 2.05) is 6.07 Å². The fraction of sp³-hybridized carbons (Fsp3) is 0.227. The van der Waals surface area contributed by atoms with E-state index in [0.717, 1.165) is 54.5 Å². The summed E-state index contributed by atoms with van der Waals surface area (Å²) >= 11 is 6.00. The summed E-state index contributed by atoms with van der Waals surface area (Å²) in [6, 6.07) is 11.6. The lowest BCUT2D eigenvalue weighted by atomic mass is 10.1. The normalized spacial score (nSPS) is 13.8. The molecule has 1 amide bonds. The Morgan fingerprint density at radius 3 is 2.90 bits per heavy atom. The van der Waals surface area contributed by atoms with Crippen LogP contribution in [0.25, 0.3) is 22.3 Å². The Labute approximate surface area is 177 Å². The van der Waals surface area contributed by atoms with Crippen molar-refractivity contribution in [2.45, 2.75) is 32.2 Å². The number of hydrogen-bond acceptors (Lipinski definition) is 3. The van der Waals surface area contributed by atoms with E-state index in [0.29, 0.717) is 16.5 Å². The zero-order valence-electron chi connectivity index (χ0n) is 16.1. The molecule has 0 fully saturated rings. The average Bonchev–Trinajstić information content (AvgIpc) is 3.26. The molecular weight excluding hydrogens is 405 g/mol. The highest BCUT2D eigenvalue weighted by molar-refractivity contribution is 6.31. The number of rotatable bonds is 3. The molecule has 30 heavy (non-hydrogen) atoms. The number of amides is 1. The van der Waals surface area contributed by atoms with Crippen molar-refractivity contribution in [2.24, 2.45) is 0 Å². The highest BCUT2D eigenvalue weighted by Crippen LogP contribution is 2.27. The lowest BCUT2D eigenvalue weighted by Gasteiger charge is -2.10. The number of aromatic nitrogens is 4. The third-order valence-electron chi connectivity index (χ3n) is 5.41. The molecule has 1 aliphatic heterocycles. The van der Waals surface area contributed by atoms with Gasteiger partial charge in [-0.1, -0.05) is 24.1 Å². The molecule has 0 saturated carbocycles. The molecule has 0 atom stereocenters. The number of fused-ring (bicyclic) bond motifs is 2. The van der Waals surface area contributed by atoms with E-state index >= 15 is 0 Å². The number of nitrogens with one attached hydrogen (secondary N) is 2. The standard InChI is InChI=1S/C22H19ClFN5O/c23-15-7-5-13-10-19(25-17(13)12-15)22(30)26-18-11-14(6-8-16(18)24)21-28-27-20-4-2-1-3-9-29(20)21/h5-8,10-12,25H,1-4,9H2,(H,26,30). The van der Waals surface area contributed by atoms with Gasteiger partial charge in [0, 0.05) is 34.5 Å². The number of carbonyl (C=O) groups excluding carboxylic acids is 1. The predicted molar refractivity (Wildman–Crippen MR) is 114 cm³/mol. The minimum absolute atomic E-state index is 0.0974. The second-order valence-electron chi connectivity index (χ2n) is 7.47. The van der Waals surface area contributed by atoms with Crippen molar-refractivity contribution in [3.63, 3.8) is 0 Å². The molecule has 8 heteroatoms. The number of H-pyrrole nitrogens is 1. The van der Waals surface area contributed by atoms with Crippen LogP contribution in [0.2, 0.25) is 5.02 Å². The van der Waals surface area contributed by atoms with Gasteiger partial charge in [0.1, 0.15) is 17.3 Å². The molecule has 2 aromatic heterocycles. The van der Waals surface area contributed by atoms with Crippen molar-refractivity contribution in [1.29, 1.82) is 0 Å². The predicted octanol–water partition coefficient (Wildman–Crippen LogP) is 5.20. The molecule has 0 spiro atoms. The maximum Gasteiger partial charge on any atom is 0.272 e. The van der Waals surface area contributed by atoms with Crippen LogP contribution in [0.1, 0.15) is 35.6 Å². The van der Waals surface area contributed by atoms with Crippen molar-refractivity contribution < 1.29 is 9.18 Å². The van der Waals surface area contributed by atoms with Crippen LogP contribution in [0.3, 0.4) is 0 Å². The first kappa shape index (κ1) is 18.8. The largest absolute Gasteiger partial charge is 0.350 e. The average molecular weight is 424 g/mol. The highest BCUT2D eigenvalue weighted by atomic mass is 35.5. The number of carbonyl (C=O) groups is 1. The van der Waals surface area contributed by atoms with Gasteiger partial charge in [0.15, 0.2) is 5.82 Å². The van der Waals surface area contributed by atoms with Crippen molar-refractivity contribution in [3.8, 4) is 11.4 Å². The van der Waals surface area contributed by atoms with Crippen LogP contribution in [-0.2, 0) is 13.0 Å². The number of benzene rings is 2. The molecule has 2 N–H and O–H groups in total. The molecule has 2 aromatic carbocycles. The van der Waals surface area contributed by atoms with Crippen LogP contribution in [0.4, 0.5) is 10.1 Å². The van der Waals surface area contributed by atoms with Crippen molar-refractivity contribution >= 4 is 34.1 Å². The number of halogens is 2. The first-order valence-electron chi connectivity index (χ1n) is 9.90. The Kier molecular flexibility index (Phi) is 4.75. The van der Waals surface area contributed by atoms with Gasteiger partial charge in [0.2, 0.25) is 0 Å². The summed E-state index contributed by atoms with van der Waals surface area (Å²) in [6.07, 6.45) is 4.21. The van der Waals surface area contributed by atoms with Crippen molar-refractivity contribution in [1.82, 2.24) is 19.7 Å². The Balaban J connectivity index is 1.45. The summed E-state index contributed by atoms with van der Waals surface area (Å²) in [5.74, 6) is 0.706. The minimum Gasteiger partial charge on any atom is -0.350 e. The van der Waals surface area contributed by atoms with Gasteiger partial charge in [-0.3, -0.25) is 4.79 Å². The summed E-state index contributed by atoms with van der Waals surface area (Å²) in [7, 11) is 0. The van der Waals surface area contributed by atoms with Gasteiger partial charge in [-0.05, 0) is 49.2 Å². The van der Waals surface area contributed by atoms with Gasteiger partial charge in [-0.2, -0.15) is 0 Å². The third-order valence-corrected chi connectivity index (χ3v) is 5.65. The van der Waals surface area contributed by atoms with Crippen LogP contribution in [0.5, 0.6) is 0 Å². The maximum absolute atomic E-state index is 14.5. The van der Waals surface area contributed by atoms with E-state index < -0.39 is 11.7 Å². The fourth-order valence-electron chi connectivity index (χ4n) is 3.87. The molecule has 0 aliphatic carbocycles. The third kappa shape index (κ3) is 3.45. The number of hydrogen-bond donors (Lipinski definition) is 2. The first-order valence-corrected chi connectivity index (χ1v) is 10.3. The number of nitrogens with zero attached hydrogens (tertiary/aromatic N) is 3. The monoisotopic (exact) mass is 423 g/mol. The molecule has 0 radical (unpaired) electrons. The van der Waals surface area contributed by atoms with Crippen LogP contribution in [0.15, 0.2) is 42.5 Å². The summed E-state index contributed by atoms with van der Waals surface area (Å²) in [6.45, 7) is 0.842. The van der Waals surface area contributed by atoms with Gasteiger partial charge in [0.25, 0.3) is 5.91 Å². The van der Waals surface area contributed by atoms with E-state index in [9.17, 15) is 9.18 Å². The van der Waals surface area contributed by atoms with Gasteiger partial charge in [-0.15, -0.1) is 10.2 Å². The second-order valence-corrected chi connectivity index (χ2v) is 7.90. The molecule has 0 unspecified atom stereocenters. The molecule has 0 bridgehead atoms. The van der Waals surface area contributed by atoms with Gasteiger partial charge < -0.3 is 14.9 Å². The van der Waals surface area contributed by atoms with Gasteiger partial charge in [-0.25, -0.2) is 4.39 Å². The van der Waals surface area contributed by atoms with Crippen molar-refractivity contribution in [3.05, 3.63) is 64.8 Å². The first-order chi connectivity index (χ1) is 14.6. The maximum atomic E-state index is 14.5. The zero-order valence-corrected chi connectivity index (χ0v) is 16.8. The number of anilines is 1.